The minimum absolute atomic E-state index is 0.0215. The number of phenolic OH excluding ortho intramolecular Hbond substituents is 1. The van der Waals surface area contributed by atoms with E-state index in [-0.39, 0.29) is 10.6 Å². The molecular formula is C13H12ClNO3S. The Balaban J connectivity index is 2.42. The van der Waals surface area contributed by atoms with Crippen LogP contribution in [0.1, 0.15) is 5.56 Å². The lowest BCUT2D eigenvalue weighted by Crippen LogP contribution is -2.14. The summed E-state index contributed by atoms with van der Waals surface area (Å²) < 4.78 is 26.8. The molecule has 0 atom stereocenters. The molecule has 0 fully saturated rings. The van der Waals surface area contributed by atoms with Gasteiger partial charge in [0.1, 0.15) is 5.75 Å². The van der Waals surface area contributed by atoms with Crippen molar-refractivity contribution in [1.82, 2.24) is 0 Å². The Kier molecular flexibility index (Phi) is 3.68. The van der Waals surface area contributed by atoms with Crippen LogP contribution in [-0.2, 0) is 10.0 Å². The number of sulfonamides is 1. The number of aryl methyl sites for hydroxylation is 1. The van der Waals surface area contributed by atoms with Gasteiger partial charge in [0.15, 0.2) is 0 Å². The monoisotopic (exact) mass is 297 g/mol. The number of anilines is 1. The third kappa shape index (κ3) is 3.00. The first-order chi connectivity index (χ1) is 8.90. The molecule has 2 aromatic rings. The Bertz CT molecular complexity index is 693. The smallest absolute Gasteiger partial charge is 0.262 e. The number of nitrogens with one attached hydrogen (secondary N) is 1. The van der Waals surface area contributed by atoms with E-state index in [1.54, 1.807) is 25.1 Å². The van der Waals surface area contributed by atoms with Gasteiger partial charge >= 0.3 is 0 Å². The molecule has 0 bridgehead atoms. The van der Waals surface area contributed by atoms with Crippen molar-refractivity contribution < 1.29 is 13.5 Å². The molecule has 2 aromatic carbocycles. The number of halogens is 1. The first-order valence-electron chi connectivity index (χ1n) is 5.47. The summed E-state index contributed by atoms with van der Waals surface area (Å²) in [6.45, 7) is 1.76. The summed E-state index contributed by atoms with van der Waals surface area (Å²) in [7, 11) is -3.78. The Labute approximate surface area is 116 Å². The SMILES string of the molecule is Cc1cccc(Cl)c1NS(=O)(=O)c1cccc(O)c1. The quantitative estimate of drug-likeness (QED) is 0.914. The number of hydrogen-bond donors (Lipinski definition) is 2. The van der Waals surface area contributed by atoms with Gasteiger partial charge in [0.2, 0.25) is 0 Å². The van der Waals surface area contributed by atoms with Crippen LogP contribution in [0, 0.1) is 6.92 Å². The van der Waals surface area contributed by atoms with E-state index in [9.17, 15) is 13.5 Å². The molecule has 0 saturated heterocycles. The van der Waals surface area contributed by atoms with Gasteiger partial charge in [0, 0.05) is 6.07 Å². The second-order valence-corrected chi connectivity index (χ2v) is 6.12. The summed E-state index contributed by atoms with van der Waals surface area (Å²) in [6, 6.07) is 10.5. The van der Waals surface area contributed by atoms with Crippen LogP contribution in [0.5, 0.6) is 5.75 Å². The molecule has 4 nitrogen and oxygen atoms in total. The van der Waals surface area contributed by atoms with Crippen molar-refractivity contribution in [2.75, 3.05) is 4.72 Å². The fraction of sp³-hybridized carbons (Fsp3) is 0.0769. The second-order valence-electron chi connectivity index (χ2n) is 4.03. The molecule has 0 heterocycles. The zero-order valence-electron chi connectivity index (χ0n) is 10.1. The number of rotatable bonds is 3. The van der Waals surface area contributed by atoms with Gasteiger partial charge < -0.3 is 5.11 Å². The fourth-order valence-corrected chi connectivity index (χ4v) is 3.12. The molecule has 2 rings (SSSR count). The second kappa shape index (κ2) is 5.11. The summed E-state index contributed by atoms with van der Waals surface area (Å²) >= 11 is 5.98. The maximum absolute atomic E-state index is 12.2. The van der Waals surface area contributed by atoms with E-state index in [0.29, 0.717) is 10.7 Å². The summed E-state index contributed by atoms with van der Waals surface area (Å²) in [4.78, 5) is -0.0215. The van der Waals surface area contributed by atoms with E-state index in [0.717, 1.165) is 5.56 Å². The molecule has 2 N–H and O–H groups in total. The van der Waals surface area contributed by atoms with Crippen molar-refractivity contribution in [3.63, 3.8) is 0 Å². The van der Waals surface area contributed by atoms with E-state index in [1.807, 2.05) is 0 Å². The Morgan fingerprint density at radius 2 is 1.84 bits per heavy atom. The lowest BCUT2D eigenvalue weighted by atomic mass is 10.2. The van der Waals surface area contributed by atoms with Gasteiger partial charge in [-0.25, -0.2) is 8.42 Å². The number of benzene rings is 2. The number of aromatic hydroxyl groups is 1. The zero-order valence-corrected chi connectivity index (χ0v) is 11.7. The van der Waals surface area contributed by atoms with E-state index < -0.39 is 10.0 Å². The van der Waals surface area contributed by atoms with Crippen LogP contribution in [-0.4, -0.2) is 13.5 Å². The molecule has 0 aliphatic heterocycles. The summed E-state index contributed by atoms with van der Waals surface area (Å²) in [5.74, 6) is -0.112. The van der Waals surface area contributed by atoms with Crippen LogP contribution in [0.15, 0.2) is 47.4 Å². The van der Waals surface area contributed by atoms with Crippen LogP contribution in [0.4, 0.5) is 5.69 Å². The molecule has 100 valence electrons. The minimum Gasteiger partial charge on any atom is -0.508 e. The lowest BCUT2D eigenvalue weighted by Gasteiger charge is -2.12. The van der Waals surface area contributed by atoms with Crippen molar-refractivity contribution >= 4 is 27.3 Å². The number of hydrogen-bond acceptors (Lipinski definition) is 3. The molecule has 0 saturated carbocycles. The molecule has 0 unspecified atom stereocenters. The average molecular weight is 298 g/mol. The summed E-state index contributed by atoms with van der Waals surface area (Å²) in [5.41, 5.74) is 1.06. The van der Waals surface area contributed by atoms with Gasteiger partial charge in [-0.3, -0.25) is 4.72 Å². The van der Waals surface area contributed by atoms with Gasteiger partial charge in [-0.1, -0.05) is 29.8 Å². The molecular weight excluding hydrogens is 286 g/mol. The largest absolute Gasteiger partial charge is 0.508 e. The third-order valence-electron chi connectivity index (χ3n) is 2.59. The van der Waals surface area contributed by atoms with Crippen LogP contribution < -0.4 is 4.72 Å². The zero-order chi connectivity index (χ0) is 14.0. The highest BCUT2D eigenvalue weighted by molar-refractivity contribution is 7.92. The first-order valence-corrected chi connectivity index (χ1v) is 7.33. The molecule has 0 spiro atoms. The van der Waals surface area contributed by atoms with Crippen LogP contribution in [0.2, 0.25) is 5.02 Å². The van der Waals surface area contributed by atoms with E-state index in [4.69, 9.17) is 11.6 Å². The molecule has 6 heteroatoms. The fourth-order valence-electron chi connectivity index (χ4n) is 1.61. The van der Waals surface area contributed by atoms with Crippen LogP contribution in [0.25, 0.3) is 0 Å². The Morgan fingerprint density at radius 3 is 2.47 bits per heavy atom. The summed E-state index contributed by atoms with van der Waals surface area (Å²) in [5, 5.41) is 9.66. The van der Waals surface area contributed by atoms with E-state index in [1.165, 1.54) is 24.3 Å². The number of para-hydroxylation sites is 1. The molecule has 0 amide bonds. The third-order valence-corrected chi connectivity index (χ3v) is 4.25. The maximum Gasteiger partial charge on any atom is 0.262 e. The molecule has 0 radical (unpaired) electrons. The van der Waals surface area contributed by atoms with Crippen LogP contribution >= 0.6 is 11.6 Å². The van der Waals surface area contributed by atoms with Gasteiger partial charge in [0.25, 0.3) is 10.0 Å². The predicted molar refractivity (Wildman–Crippen MR) is 75.1 cm³/mol. The van der Waals surface area contributed by atoms with Gasteiger partial charge in [-0.05, 0) is 30.7 Å². The van der Waals surface area contributed by atoms with E-state index in [2.05, 4.69) is 4.72 Å². The van der Waals surface area contributed by atoms with Gasteiger partial charge in [-0.2, -0.15) is 0 Å². The number of phenols is 1. The predicted octanol–water partition coefficient (Wildman–Crippen LogP) is 3.15. The minimum atomic E-state index is -3.78. The summed E-state index contributed by atoms with van der Waals surface area (Å²) in [6.07, 6.45) is 0. The lowest BCUT2D eigenvalue weighted by molar-refractivity contribution is 0.473. The van der Waals surface area contributed by atoms with Crippen LogP contribution in [0.3, 0.4) is 0 Å². The van der Waals surface area contributed by atoms with E-state index >= 15 is 0 Å². The van der Waals surface area contributed by atoms with Gasteiger partial charge in [-0.15, -0.1) is 0 Å². The highest BCUT2D eigenvalue weighted by atomic mass is 35.5. The highest BCUT2D eigenvalue weighted by Crippen LogP contribution is 2.28. The highest BCUT2D eigenvalue weighted by Gasteiger charge is 2.17. The van der Waals surface area contributed by atoms with Gasteiger partial charge in [0.05, 0.1) is 15.6 Å². The van der Waals surface area contributed by atoms with Crippen molar-refractivity contribution in [2.45, 2.75) is 11.8 Å². The first kappa shape index (κ1) is 13.7. The topological polar surface area (TPSA) is 66.4 Å². The normalized spacial score (nSPS) is 11.3. The maximum atomic E-state index is 12.2. The van der Waals surface area contributed by atoms with Crippen molar-refractivity contribution in [1.29, 1.82) is 0 Å². The average Bonchev–Trinajstić information content (AvgIpc) is 2.34. The standard InChI is InChI=1S/C13H12ClNO3S/c1-9-4-2-7-12(14)13(9)15-19(17,18)11-6-3-5-10(16)8-11/h2-8,15-16H,1H3. The molecule has 0 aliphatic carbocycles. The van der Waals surface area contributed by atoms with Crippen molar-refractivity contribution in [3.05, 3.63) is 53.1 Å². The Morgan fingerprint density at radius 1 is 1.16 bits per heavy atom. The Hall–Kier alpha value is -1.72. The molecule has 19 heavy (non-hydrogen) atoms. The molecule has 0 aromatic heterocycles. The van der Waals surface area contributed by atoms with Crippen molar-refractivity contribution in [2.24, 2.45) is 0 Å². The van der Waals surface area contributed by atoms with Crippen molar-refractivity contribution in [3.8, 4) is 5.75 Å². The molecule has 0 aliphatic rings.